The SMILES string of the molecule is CC/C=C\C/C=C\C/C=C\CCCCCCCC(=O)OC(CO)COC(=O)CCCCCCCCCCCCCCCCCCCCCCCCC/C=C\CCCCCCCCCC. The maximum absolute atomic E-state index is 12.2. The van der Waals surface area contributed by atoms with Crippen LogP contribution in [0.1, 0.15) is 296 Å². The first-order valence-electron chi connectivity index (χ1n) is 28.2. The van der Waals surface area contributed by atoms with E-state index in [4.69, 9.17) is 9.47 Å². The van der Waals surface area contributed by atoms with Crippen molar-refractivity contribution in [3.05, 3.63) is 48.6 Å². The molecule has 0 radical (unpaired) electrons. The number of aliphatic hydroxyl groups excluding tert-OH is 1. The summed E-state index contributed by atoms with van der Waals surface area (Å²) < 4.78 is 10.7. The van der Waals surface area contributed by atoms with Crippen molar-refractivity contribution in [2.75, 3.05) is 13.2 Å². The fraction of sp³-hybridized carbons (Fsp3) is 0.831. The number of unbranched alkanes of at least 4 members (excludes halogenated alkanes) is 36. The number of rotatable bonds is 52. The molecule has 0 amide bonds. The third-order valence-electron chi connectivity index (χ3n) is 12.6. The van der Waals surface area contributed by atoms with E-state index in [2.05, 4.69) is 62.5 Å². The van der Waals surface area contributed by atoms with Crippen molar-refractivity contribution >= 4 is 11.9 Å². The molecule has 1 N–H and O–H groups in total. The zero-order chi connectivity index (χ0) is 46.3. The van der Waals surface area contributed by atoms with Crippen LogP contribution in [0.2, 0.25) is 0 Å². The molecular formula is C59H108O5. The van der Waals surface area contributed by atoms with E-state index in [-0.39, 0.29) is 25.2 Å². The molecular weight excluding hydrogens is 789 g/mol. The van der Waals surface area contributed by atoms with Gasteiger partial charge in [-0.2, -0.15) is 0 Å². The number of ether oxygens (including phenoxy) is 2. The standard InChI is InChI=1S/C59H108O5/c1-3-5-7-9-11-13-15-17-19-20-21-22-23-24-25-26-27-28-29-30-31-32-33-34-35-36-37-38-40-41-43-45-47-49-51-53-58(61)63-56-57(55-60)64-59(62)54-52-50-48-46-44-42-39-18-16-14-12-10-8-6-4-2/h6,8,12,14,18,20-21,39,57,60H,3-5,7,9-11,13,15-17,19,22-38,40-56H2,1-2H3/b8-6-,14-12-,21-20-,39-18-. The van der Waals surface area contributed by atoms with E-state index in [9.17, 15) is 14.7 Å². The van der Waals surface area contributed by atoms with Gasteiger partial charge < -0.3 is 14.6 Å². The highest BCUT2D eigenvalue weighted by Crippen LogP contribution is 2.17. The number of allylic oxidation sites excluding steroid dienone is 8. The number of carbonyl (C=O) groups excluding carboxylic acids is 2. The summed E-state index contributed by atoms with van der Waals surface area (Å²) >= 11 is 0. The Bertz CT molecular complexity index is 1060. The van der Waals surface area contributed by atoms with E-state index in [1.807, 2.05) is 0 Å². The number of hydrogen-bond donors (Lipinski definition) is 1. The Morgan fingerprint density at radius 3 is 1.03 bits per heavy atom. The first-order chi connectivity index (χ1) is 31.6. The van der Waals surface area contributed by atoms with Crippen LogP contribution in [-0.4, -0.2) is 36.4 Å². The number of carbonyl (C=O) groups is 2. The van der Waals surface area contributed by atoms with Crippen molar-refractivity contribution in [1.82, 2.24) is 0 Å². The topological polar surface area (TPSA) is 72.8 Å². The van der Waals surface area contributed by atoms with E-state index < -0.39 is 6.10 Å². The second kappa shape index (κ2) is 55.2. The highest BCUT2D eigenvalue weighted by Gasteiger charge is 2.16. The van der Waals surface area contributed by atoms with Gasteiger partial charge in [-0.25, -0.2) is 0 Å². The van der Waals surface area contributed by atoms with Crippen molar-refractivity contribution < 1.29 is 24.2 Å². The molecule has 0 spiro atoms. The van der Waals surface area contributed by atoms with Gasteiger partial charge in [0, 0.05) is 12.8 Å². The zero-order valence-corrected chi connectivity index (χ0v) is 42.8. The molecule has 0 fully saturated rings. The summed E-state index contributed by atoms with van der Waals surface area (Å²) in [5.74, 6) is -0.600. The predicted octanol–water partition coefficient (Wildman–Crippen LogP) is 18.9. The molecule has 1 atom stereocenters. The Labute approximate surface area is 398 Å². The molecule has 0 aromatic heterocycles. The molecule has 0 saturated carbocycles. The minimum atomic E-state index is -0.780. The van der Waals surface area contributed by atoms with Crippen LogP contribution in [0.4, 0.5) is 0 Å². The number of hydrogen-bond acceptors (Lipinski definition) is 5. The summed E-state index contributed by atoms with van der Waals surface area (Å²) in [6.07, 6.45) is 72.5. The molecule has 0 aliphatic rings. The van der Waals surface area contributed by atoms with Crippen LogP contribution >= 0.6 is 0 Å². The average Bonchev–Trinajstić information content (AvgIpc) is 3.30. The quantitative estimate of drug-likeness (QED) is 0.0374. The Hall–Kier alpha value is -2.14. The van der Waals surface area contributed by atoms with Crippen molar-refractivity contribution in [3.63, 3.8) is 0 Å². The van der Waals surface area contributed by atoms with Crippen molar-refractivity contribution in [3.8, 4) is 0 Å². The molecule has 5 nitrogen and oxygen atoms in total. The van der Waals surface area contributed by atoms with Gasteiger partial charge in [0.15, 0.2) is 6.10 Å². The van der Waals surface area contributed by atoms with Crippen LogP contribution in [0.5, 0.6) is 0 Å². The Morgan fingerprint density at radius 1 is 0.375 bits per heavy atom. The maximum atomic E-state index is 12.2. The van der Waals surface area contributed by atoms with Gasteiger partial charge in [-0.1, -0.05) is 262 Å². The van der Waals surface area contributed by atoms with Gasteiger partial charge in [0.25, 0.3) is 0 Å². The number of esters is 2. The van der Waals surface area contributed by atoms with Gasteiger partial charge in [0.2, 0.25) is 0 Å². The van der Waals surface area contributed by atoms with E-state index in [0.29, 0.717) is 12.8 Å². The van der Waals surface area contributed by atoms with E-state index >= 15 is 0 Å². The van der Waals surface area contributed by atoms with Gasteiger partial charge in [-0.15, -0.1) is 0 Å². The van der Waals surface area contributed by atoms with Crippen LogP contribution in [-0.2, 0) is 19.1 Å². The van der Waals surface area contributed by atoms with Gasteiger partial charge in [-0.3, -0.25) is 9.59 Å². The molecule has 0 aliphatic heterocycles. The lowest BCUT2D eigenvalue weighted by Crippen LogP contribution is -2.28. The van der Waals surface area contributed by atoms with Crippen molar-refractivity contribution in [2.24, 2.45) is 0 Å². The highest BCUT2D eigenvalue weighted by molar-refractivity contribution is 5.70. The lowest BCUT2D eigenvalue weighted by Gasteiger charge is -2.15. The molecule has 5 heteroatoms. The van der Waals surface area contributed by atoms with Crippen LogP contribution in [0, 0.1) is 0 Å². The Morgan fingerprint density at radius 2 is 0.672 bits per heavy atom. The summed E-state index contributed by atoms with van der Waals surface area (Å²) in [7, 11) is 0. The molecule has 0 saturated heterocycles. The number of aliphatic hydroxyl groups is 1. The largest absolute Gasteiger partial charge is 0.462 e. The predicted molar refractivity (Wildman–Crippen MR) is 279 cm³/mol. The molecule has 64 heavy (non-hydrogen) atoms. The molecule has 0 aromatic rings. The maximum Gasteiger partial charge on any atom is 0.306 e. The third kappa shape index (κ3) is 52.5. The minimum absolute atomic E-state index is 0.0706. The fourth-order valence-corrected chi connectivity index (χ4v) is 8.39. The first kappa shape index (κ1) is 61.9. The van der Waals surface area contributed by atoms with Crippen molar-refractivity contribution in [2.45, 2.75) is 302 Å². The zero-order valence-electron chi connectivity index (χ0n) is 42.8. The molecule has 0 aliphatic carbocycles. The summed E-state index contributed by atoms with van der Waals surface area (Å²) in [6.45, 7) is 4.04. The molecule has 1 unspecified atom stereocenters. The molecule has 0 rings (SSSR count). The van der Waals surface area contributed by atoms with E-state index in [1.165, 1.54) is 199 Å². The molecule has 0 heterocycles. The van der Waals surface area contributed by atoms with Crippen LogP contribution in [0.15, 0.2) is 48.6 Å². The minimum Gasteiger partial charge on any atom is -0.462 e. The van der Waals surface area contributed by atoms with Crippen LogP contribution in [0.25, 0.3) is 0 Å². The molecule has 0 bridgehead atoms. The van der Waals surface area contributed by atoms with Gasteiger partial charge in [0.05, 0.1) is 6.61 Å². The Balaban J connectivity index is 3.39. The normalized spacial score (nSPS) is 12.5. The first-order valence-corrected chi connectivity index (χ1v) is 28.2. The third-order valence-corrected chi connectivity index (χ3v) is 12.6. The van der Waals surface area contributed by atoms with Gasteiger partial charge in [0.1, 0.15) is 6.61 Å². The lowest BCUT2D eigenvalue weighted by atomic mass is 10.0. The second-order valence-electron chi connectivity index (χ2n) is 19.0. The summed E-state index contributed by atoms with van der Waals surface area (Å²) in [6, 6.07) is 0. The van der Waals surface area contributed by atoms with Crippen LogP contribution in [0.3, 0.4) is 0 Å². The van der Waals surface area contributed by atoms with E-state index in [0.717, 1.165) is 70.6 Å². The molecule has 0 aromatic carbocycles. The summed E-state index contributed by atoms with van der Waals surface area (Å²) in [5, 5.41) is 9.62. The monoisotopic (exact) mass is 897 g/mol. The summed E-state index contributed by atoms with van der Waals surface area (Å²) in [4.78, 5) is 24.4. The van der Waals surface area contributed by atoms with Crippen LogP contribution < -0.4 is 0 Å². The Kier molecular flexibility index (Phi) is 53.3. The van der Waals surface area contributed by atoms with E-state index in [1.54, 1.807) is 0 Å². The molecule has 374 valence electrons. The highest BCUT2D eigenvalue weighted by atomic mass is 16.6. The van der Waals surface area contributed by atoms with Gasteiger partial charge in [-0.05, 0) is 70.6 Å². The summed E-state index contributed by atoms with van der Waals surface area (Å²) in [5.41, 5.74) is 0. The smallest absolute Gasteiger partial charge is 0.306 e. The average molecular weight is 898 g/mol. The second-order valence-corrected chi connectivity index (χ2v) is 19.0. The van der Waals surface area contributed by atoms with Gasteiger partial charge >= 0.3 is 11.9 Å². The fourth-order valence-electron chi connectivity index (χ4n) is 8.39. The van der Waals surface area contributed by atoms with Crippen molar-refractivity contribution in [1.29, 1.82) is 0 Å². The lowest BCUT2D eigenvalue weighted by molar-refractivity contribution is -0.161.